The molecule has 4 aromatic rings. The molecule has 1 atom stereocenters. The lowest BCUT2D eigenvalue weighted by Gasteiger charge is -2.22. The van der Waals surface area contributed by atoms with Gasteiger partial charge in [-0.2, -0.15) is 0 Å². The van der Waals surface area contributed by atoms with E-state index in [0.29, 0.717) is 32.3 Å². The van der Waals surface area contributed by atoms with Gasteiger partial charge in [-0.25, -0.2) is 9.37 Å². The average molecular weight is 482 g/mol. The Morgan fingerprint density at radius 3 is 2.61 bits per heavy atom. The van der Waals surface area contributed by atoms with Gasteiger partial charge < -0.3 is 4.90 Å². The molecular formula is C25H21ClFN3O2S. The Hall–Kier alpha value is -3.16. The Labute approximate surface area is 199 Å². The molecule has 33 heavy (non-hydrogen) atoms. The smallest absolute Gasteiger partial charge is 0.266 e. The van der Waals surface area contributed by atoms with Crippen LogP contribution in [-0.4, -0.2) is 32.7 Å². The van der Waals surface area contributed by atoms with E-state index in [0.717, 1.165) is 0 Å². The minimum absolute atomic E-state index is 0.169. The number of fused-ring (bicyclic) bond motifs is 1. The predicted octanol–water partition coefficient (Wildman–Crippen LogP) is 5.32. The van der Waals surface area contributed by atoms with Crippen molar-refractivity contribution >= 4 is 40.2 Å². The van der Waals surface area contributed by atoms with Crippen LogP contribution in [0.3, 0.4) is 0 Å². The molecule has 0 radical (unpaired) electrons. The van der Waals surface area contributed by atoms with Gasteiger partial charge in [0.15, 0.2) is 5.16 Å². The van der Waals surface area contributed by atoms with Gasteiger partial charge in [0.2, 0.25) is 5.91 Å². The molecule has 0 spiro atoms. The summed E-state index contributed by atoms with van der Waals surface area (Å²) in [7, 11) is 1.67. The first-order valence-corrected chi connectivity index (χ1v) is 11.5. The van der Waals surface area contributed by atoms with Gasteiger partial charge >= 0.3 is 0 Å². The van der Waals surface area contributed by atoms with Gasteiger partial charge in [0, 0.05) is 13.6 Å². The summed E-state index contributed by atoms with van der Waals surface area (Å²) in [4.78, 5) is 32.7. The maximum atomic E-state index is 13.5. The molecule has 0 bridgehead atoms. The maximum Gasteiger partial charge on any atom is 0.266 e. The van der Waals surface area contributed by atoms with Crippen molar-refractivity contribution in [1.29, 1.82) is 0 Å². The molecule has 0 fully saturated rings. The molecule has 3 aromatic carbocycles. The number of hydrogen-bond donors (Lipinski definition) is 0. The highest BCUT2D eigenvalue weighted by Crippen LogP contribution is 2.28. The zero-order valence-electron chi connectivity index (χ0n) is 18.0. The van der Waals surface area contributed by atoms with E-state index in [1.165, 1.54) is 33.4 Å². The quantitative estimate of drug-likeness (QED) is 0.276. The largest absolute Gasteiger partial charge is 0.340 e. The Balaban J connectivity index is 1.69. The zero-order valence-corrected chi connectivity index (χ0v) is 19.6. The molecule has 8 heteroatoms. The number of hydrogen-bond acceptors (Lipinski definition) is 4. The molecule has 0 saturated carbocycles. The van der Waals surface area contributed by atoms with Crippen LogP contribution in [0.25, 0.3) is 16.6 Å². The van der Waals surface area contributed by atoms with Gasteiger partial charge in [-0.1, -0.05) is 59.8 Å². The van der Waals surface area contributed by atoms with E-state index >= 15 is 0 Å². The highest BCUT2D eigenvalue weighted by atomic mass is 35.5. The lowest BCUT2D eigenvalue weighted by Crippen LogP contribution is -2.33. The van der Waals surface area contributed by atoms with E-state index in [1.807, 2.05) is 6.07 Å². The first-order chi connectivity index (χ1) is 15.8. The summed E-state index contributed by atoms with van der Waals surface area (Å²) in [6.07, 6.45) is 0. The summed E-state index contributed by atoms with van der Waals surface area (Å²) in [5.41, 5.74) is 1.47. The van der Waals surface area contributed by atoms with Crippen molar-refractivity contribution < 1.29 is 9.18 Å². The van der Waals surface area contributed by atoms with E-state index in [-0.39, 0.29) is 23.8 Å². The molecule has 168 valence electrons. The molecule has 1 heterocycles. The van der Waals surface area contributed by atoms with Crippen molar-refractivity contribution in [1.82, 2.24) is 14.5 Å². The minimum atomic E-state index is -0.551. The third-order valence-electron chi connectivity index (χ3n) is 5.15. The summed E-state index contributed by atoms with van der Waals surface area (Å²) in [5.74, 6) is -0.516. The molecule has 0 aliphatic carbocycles. The van der Waals surface area contributed by atoms with Crippen molar-refractivity contribution in [3.05, 3.63) is 99.6 Å². The summed E-state index contributed by atoms with van der Waals surface area (Å²) in [6.45, 7) is 2.03. The van der Waals surface area contributed by atoms with Crippen molar-refractivity contribution in [3.63, 3.8) is 0 Å². The van der Waals surface area contributed by atoms with E-state index in [2.05, 4.69) is 4.98 Å². The standard InChI is InChI=1S/C25H21ClFN3O2S/c1-16(23(31)29(2)15-17-8-7-9-18(27)14-17)33-25-28-21-12-5-3-10-19(21)24(32)30(25)22-13-6-4-11-20(22)26/h3-14,16H,15H2,1-2H3. The lowest BCUT2D eigenvalue weighted by molar-refractivity contribution is -0.129. The van der Waals surface area contributed by atoms with Gasteiger partial charge in [0.05, 0.1) is 26.9 Å². The van der Waals surface area contributed by atoms with E-state index in [4.69, 9.17) is 11.6 Å². The molecule has 1 unspecified atom stereocenters. The summed E-state index contributed by atoms with van der Waals surface area (Å²) < 4.78 is 15.0. The fraction of sp³-hybridized carbons (Fsp3) is 0.160. The molecule has 5 nitrogen and oxygen atoms in total. The Morgan fingerprint density at radius 1 is 1.12 bits per heavy atom. The zero-order chi connectivity index (χ0) is 23.5. The SMILES string of the molecule is CC(Sc1nc2ccccc2c(=O)n1-c1ccccc1Cl)C(=O)N(C)Cc1cccc(F)c1. The van der Waals surface area contributed by atoms with Crippen LogP contribution < -0.4 is 5.56 Å². The molecular weight excluding hydrogens is 461 g/mol. The number of benzene rings is 3. The molecule has 1 aromatic heterocycles. The van der Waals surface area contributed by atoms with Crippen LogP contribution in [0.5, 0.6) is 0 Å². The Bertz CT molecular complexity index is 1390. The van der Waals surface area contributed by atoms with Gasteiger partial charge in [-0.05, 0) is 48.9 Å². The van der Waals surface area contributed by atoms with Gasteiger partial charge in [-0.15, -0.1) is 0 Å². The number of halogens is 2. The Morgan fingerprint density at radius 2 is 1.85 bits per heavy atom. The highest BCUT2D eigenvalue weighted by Gasteiger charge is 2.23. The van der Waals surface area contributed by atoms with Crippen molar-refractivity contribution in [2.75, 3.05) is 7.05 Å². The molecule has 1 amide bonds. The number of carbonyl (C=O) groups excluding carboxylic acids is 1. The summed E-state index contributed by atoms with van der Waals surface area (Å²) >= 11 is 7.58. The second-order valence-electron chi connectivity index (χ2n) is 7.59. The van der Waals surface area contributed by atoms with Crippen LogP contribution in [0.2, 0.25) is 5.02 Å². The third-order valence-corrected chi connectivity index (χ3v) is 6.51. The maximum absolute atomic E-state index is 13.5. The molecule has 0 aliphatic rings. The van der Waals surface area contributed by atoms with Crippen molar-refractivity contribution in [2.24, 2.45) is 0 Å². The second kappa shape index (κ2) is 9.77. The minimum Gasteiger partial charge on any atom is -0.340 e. The molecule has 0 N–H and O–H groups in total. The van der Waals surface area contributed by atoms with Gasteiger partial charge in [0.1, 0.15) is 5.82 Å². The predicted molar refractivity (Wildman–Crippen MR) is 131 cm³/mol. The normalized spacial score (nSPS) is 12.0. The summed E-state index contributed by atoms with van der Waals surface area (Å²) in [5, 5.41) is 0.682. The first kappa shape index (κ1) is 23.0. The number of thioether (sulfide) groups is 1. The van der Waals surface area contributed by atoms with Crippen LogP contribution in [-0.2, 0) is 11.3 Å². The number of carbonyl (C=O) groups is 1. The third kappa shape index (κ3) is 4.94. The van der Waals surface area contributed by atoms with Crippen LogP contribution in [0.15, 0.2) is 82.7 Å². The fourth-order valence-electron chi connectivity index (χ4n) is 3.54. The van der Waals surface area contributed by atoms with Crippen molar-refractivity contribution in [2.45, 2.75) is 23.9 Å². The van der Waals surface area contributed by atoms with Crippen LogP contribution in [0.1, 0.15) is 12.5 Å². The highest BCUT2D eigenvalue weighted by molar-refractivity contribution is 8.00. The fourth-order valence-corrected chi connectivity index (χ4v) is 4.80. The molecule has 4 rings (SSSR count). The lowest BCUT2D eigenvalue weighted by atomic mass is 10.2. The summed E-state index contributed by atoms with van der Waals surface area (Å²) in [6, 6.07) is 20.2. The van der Waals surface area contributed by atoms with E-state index < -0.39 is 5.25 Å². The number of nitrogens with zero attached hydrogens (tertiary/aromatic N) is 3. The van der Waals surface area contributed by atoms with Crippen LogP contribution in [0.4, 0.5) is 4.39 Å². The number of aromatic nitrogens is 2. The molecule has 0 saturated heterocycles. The van der Waals surface area contributed by atoms with Crippen LogP contribution in [0, 0.1) is 5.82 Å². The number of para-hydroxylation sites is 2. The first-order valence-electron chi connectivity index (χ1n) is 10.3. The van der Waals surface area contributed by atoms with E-state index in [1.54, 1.807) is 68.6 Å². The average Bonchev–Trinajstić information content (AvgIpc) is 2.79. The monoisotopic (exact) mass is 481 g/mol. The van der Waals surface area contributed by atoms with Gasteiger partial charge in [0.25, 0.3) is 5.56 Å². The van der Waals surface area contributed by atoms with E-state index in [9.17, 15) is 14.0 Å². The topological polar surface area (TPSA) is 55.2 Å². The Kier molecular flexibility index (Phi) is 6.81. The molecule has 0 aliphatic heterocycles. The second-order valence-corrected chi connectivity index (χ2v) is 9.30. The number of rotatable bonds is 6. The van der Waals surface area contributed by atoms with Crippen molar-refractivity contribution in [3.8, 4) is 5.69 Å². The van der Waals surface area contributed by atoms with Gasteiger partial charge in [-0.3, -0.25) is 14.2 Å². The van der Waals surface area contributed by atoms with Crippen LogP contribution >= 0.6 is 23.4 Å². The number of amides is 1.